The van der Waals surface area contributed by atoms with Crippen molar-refractivity contribution in [2.45, 2.75) is 57.5 Å². The first-order valence-corrected chi connectivity index (χ1v) is 15.7. The third-order valence-electron chi connectivity index (χ3n) is 6.71. The lowest BCUT2D eigenvalue weighted by molar-refractivity contribution is -0.137. The van der Waals surface area contributed by atoms with Crippen molar-refractivity contribution in [1.29, 1.82) is 0 Å². The molecule has 0 spiro atoms. The number of hydrogen-bond donors (Lipinski definition) is 0. The number of likely N-dealkylation sites (tertiary alicyclic amines) is 2. The average molecular weight is 503 g/mol. The summed E-state index contributed by atoms with van der Waals surface area (Å²) in [6, 6.07) is 5.58. The van der Waals surface area contributed by atoms with Gasteiger partial charge in [-0.05, 0) is 50.9 Å². The number of rotatable bonds is 3. The highest BCUT2D eigenvalue weighted by Crippen LogP contribution is 2.33. The molecule has 0 unspecified atom stereocenters. The molecule has 0 aliphatic carbocycles. The van der Waals surface area contributed by atoms with Gasteiger partial charge in [-0.2, -0.15) is 13.2 Å². The van der Waals surface area contributed by atoms with Crippen molar-refractivity contribution in [3.63, 3.8) is 0 Å². The number of imidazole rings is 1. The number of alkyl halides is 3. The Balaban J connectivity index is 1.67. The van der Waals surface area contributed by atoms with Gasteiger partial charge in [0.25, 0.3) is 5.91 Å². The third kappa shape index (κ3) is 5.81. The lowest BCUT2D eigenvalue weighted by atomic mass is 10.0. The van der Waals surface area contributed by atoms with E-state index in [1.807, 2.05) is 4.90 Å². The molecule has 2 saturated heterocycles. The number of halogens is 3. The third-order valence-corrected chi connectivity index (χ3v) is 7.59. The highest BCUT2D eigenvalue weighted by atomic mass is 28.3. The molecule has 0 atom stereocenters. The first-order chi connectivity index (χ1) is 16.4. The van der Waals surface area contributed by atoms with Crippen LogP contribution >= 0.6 is 0 Å². The Bertz CT molecular complexity index is 1140. The van der Waals surface area contributed by atoms with Gasteiger partial charge in [-0.3, -0.25) is 4.79 Å². The van der Waals surface area contributed by atoms with Gasteiger partial charge < -0.3 is 14.4 Å². The van der Waals surface area contributed by atoms with Gasteiger partial charge in [0.1, 0.15) is 25.3 Å². The van der Waals surface area contributed by atoms with Crippen LogP contribution in [0.15, 0.2) is 24.3 Å². The number of aromatic nitrogens is 2. The number of carbonyl (C=O) groups excluding carboxylic acids is 1. The fraction of sp³-hybridized carbons (Fsp3) is 0.538. The van der Waals surface area contributed by atoms with Crippen molar-refractivity contribution < 1.29 is 18.0 Å². The Kier molecular flexibility index (Phi) is 7.16. The minimum absolute atomic E-state index is 0.155. The fourth-order valence-electron chi connectivity index (χ4n) is 4.86. The van der Waals surface area contributed by atoms with Gasteiger partial charge in [-0.15, -0.1) is 5.54 Å². The van der Waals surface area contributed by atoms with Crippen LogP contribution in [0.2, 0.25) is 19.6 Å². The SMILES string of the molecule is Cn1c(-c2cccc(C(F)(F)F)c2)nc(C#C[Si](C)(C)C)c1C(=O)N1CCC(N2CCCC2)CC1. The van der Waals surface area contributed by atoms with E-state index in [0.717, 1.165) is 38.1 Å². The molecule has 35 heavy (non-hydrogen) atoms. The standard InChI is InChI=1S/C26H33F3N4OSi/c1-31-23(25(34)33-15-10-21(11-16-33)32-13-5-6-14-32)22(12-17-35(2,3)4)30-24(31)19-8-7-9-20(18-19)26(27,28)29/h7-9,18,21H,5-6,10-11,13-16H2,1-4H3. The topological polar surface area (TPSA) is 41.4 Å². The van der Waals surface area contributed by atoms with E-state index in [9.17, 15) is 18.0 Å². The molecule has 1 amide bonds. The van der Waals surface area contributed by atoms with Crippen LogP contribution in [0.4, 0.5) is 13.2 Å². The van der Waals surface area contributed by atoms with Gasteiger partial charge in [0.05, 0.1) is 5.56 Å². The molecule has 9 heteroatoms. The second kappa shape index (κ2) is 9.82. The Hall–Kier alpha value is -2.57. The van der Waals surface area contributed by atoms with Gasteiger partial charge in [0.15, 0.2) is 0 Å². The Morgan fingerprint density at radius 2 is 1.74 bits per heavy atom. The highest BCUT2D eigenvalue weighted by molar-refractivity contribution is 6.83. The Morgan fingerprint density at radius 3 is 2.34 bits per heavy atom. The summed E-state index contributed by atoms with van der Waals surface area (Å²) in [5, 5.41) is 0. The lowest BCUT2D eigenvalue weighted by Gasteiger charge is -2.36. The number of benzene rings is 1. The number of amides is 1. The molecule has 2 aliphatic rings. The second-order valence-corrected chi connectivity index (χ2v) is 15.3. The largest absolute Gasteiger partial charge is 0.416 e. The summed E-state index contributed by atoms with van der Waals surface area (Å²) in [7, 11) is -0.0853. The molecule has 2 aliphatic heterocycles. The summed E-state index contributed by atoms with van der Waals surface area (Å²) in [5.74, 6) is 3.26. The van der Waals surface area contributed by atoms with E-state index in [4.69, 9.17) is 0 Å². The van der Waals surface area contributed by atoms with Gasteiger partial charge in [-0.25, -0.2) is 4.98 Å². The van der Waals surface area contributed by atoms with Gasteiger partial charge >= 0.3 is 6.18 Å². The van der Waals surface area contributed by atoms with E-state index >= 15 is 0 Å². The predicted octanol–water partition coefficient (Wildman–Crippen LogP) is 5.04. The van der Waals surface area contributed by atoms with E-state index in [0.29, 0.717) is 41.9 Å². The van der Waals surface area contributed by atoms with Crippen molar-refractivity contribution in [1.82, 2.24) is 19.4 Å². The van der Waals surface area contributed by atoms with Crippen LogP contribution in [-0.4, -0.2) is 65.6 Å². The smallest absolute Gasteiger partial charge is 0.337 e. The molecule has 5 nitrogen and oxygen atoms in total. The minimum Gasteiger partial charge on any atom is -0.337 e. The molecule has 2 aromatic rings. The van der Waals surface area contributed by atoms with E-state index in [2.05, 4.69) is 41.0 Å². The van der Waals surface area contributed by atoms with Crippen molar-refractivity contribution in [2.75, 3.05) is 26.2 Å². The molecule has 4 rings (SSSR count). The molecule has 188 valence electrons. The van der Waals surface area contributed by atoms with Crippen molar-refractivity contribution in [2.24, 2.45) is 7.05 Å². The highest BCUT2D eigenvalue weighted by Gasteiger charge is 2.33. The van der Waals surface area contributed by atoms with Crippen molar-refractivity contribution in [3.8, 4) is 22.9 Å². The Labute approximate surface area is 206 Å². The van der Waals surface area contributed by atoms with Crippen LogP contribution in [0.25, 0.3) is 11.4 Å². The number of hydrogen-bond acceptors (Lipinski definition) is 3. The molecular formula is C26H33F3N4OSi. The molecule has 0 bridgehead atoms. The van der Waals surface area contributed by atoms with Crippen LogP contribution in [0.1, 0.15) is 47.4 Å². The van der Waals surface area contributed by atoms with Gasteiger partial charge in [0.2, 0.25) is 0 Å². The zero-order chi connectivity index (χ0) is 25.4. The van der Waals surface area contributed by atoms with Crippen LogP contribution in [-0.2, 0) is 13.2 Å². The zero-order valence-electron chi connectivity index (χ0n) is 20.9. The zero-order valence-corrected chi connectivity index (χ0v) is 21.9. The van der Waals surface area contributed by atoms with Crippen LogP contribution < -0.4 is 0 Å². The number of nitrogens with zero attached hydrogens (tertiary/aromatic N) is 4. The predicted molar refractivity (Wildman–Crippen MR) is 134 cm³/mol. The van der Waals surface area contributed by atoms with Crippen LogP contribution in [0.5, 0.6) is 0 Å². The molecule has 2 fully saturated rings. The molecule has 0 saturated carbocycles. The summed E-state index contributed by atoms with van der Waals surface area (Å²) < 4.78 is 41.6. The van der Waals surface area contributed by atoms with Gasteiger partial charge in [-0.1, -0.05) is 37.7 Å². The normalized spacial score (nSPS) is 18.0. The summed E-state index contributed by atoms with van der Waals surface area (Å²) >= 11 is 0. The van der Waals surface area contributed by atoms with Gasteiger partial charge in [0, 0.05) is 31.7 Å². The van der Waals surface area contributed by atoms with Crippen LogP contribution in [0.3, 0.4) is 0 Å². The maximum absolute atomic E-state index is 13.7. The maximum Gasteiger partial charge on any atom is 0.416 e. The van der Waals surface area contributed by atoms with E-state index in [1.54, 1.807) is 17.7 Å². The summed E-state index contributed by atoms with van der Waals surface area (Å²) in [6.45, 7) is 9.88. The maximum atomic E-state index is 13.7. The second-order valence-electron chi connectivity index (χ2n) is 10.5. The molecular weight excluding hydrogens is 469 g/mol. The average Bonchev–Trinajstić information content (AvgIpc) is 3.45. The first kappa shape index (κ1) is 25.5. The fourth-order valence-corrected chi connectivity index (χ4v) is 5.35. The van der Waals surface area contributed by atoms with Crippen LogP contribution in [0, 0.1) is 11.5 Å². The number of carbonyl (C=O) groups is 1. The van der Waals surface area contributed by atoms with Crippen molar-refractivity contribution >= 4 is 14.0 Å². The molecule has 0 radical (unpaired) electrons. The summed E-state index contributed by atoms with van der Waals surface area (Å²) in [5.41, 5.74) is 3.52. The molecule has 0 N–H and O–H groups in total. The van der Waals surface area contributed by atoms with E-state index in [1.165, 1.54) is 18.9 Å². The molecule has 1 aromatic carbocycles. The van der Waals surface area contributed by atoms with E-state index < -0.39 is 19.8 Å². The number of piperidine rings is 1. The summed E-state index contributed by atoms with van der Waals surface area (Å²) in [6.07, 6.45) is -0.114. The van der Waals surface area contributed by atoms with E-state index in [-0.39, 0.29) is 5.91 Å². The monoisotopic (exact) mass is 502 g/mol. The lowest BCUT2D eigenvalue weighted by Crippen LogP contribution is -2.46. The first-order valence-electron chi connectivity index (χ1n) is 12.2. The summed E-state index contributed by atoms with van der Waals surface area (Å²) in [4.78, 5) is 22.6. The molecule has 1 aromatic heterocycles. The minimum atomic E-state index is -4.46. The quantitative estimate of drug-likeness (QED) is 0.437. The Morgan fingerprint density at radius 1 is 1.09 bits per heavy atom. The van der Waals surface area contributed by atoms with Crippen molar-refractivity contribution in [3.05, 3.63) is 41.2 Å². The molecule has 3 heterocycles.